The fourth-order valence-corrected chi connectivity index (χ4v) is 3.37. The van der Waals surface area contributed by atoms with Crippen LogP contribution < -0.4 is 5.32 Å². The van der Waals surface area contributed by atoms with Gasteiger partial charge in [-0.15, -0.1) is 0 Å². The van der Waals surface area contributed by atoms with Crippen LogP contribution in [0.2, 0.25) is 10.0 Å². The third-order valence-corrected chi connectivity index (χ3v) is 4.95. The summed E-state index contributed by atoms with van der Waals surface area (Å²) in [6.45, 7) is 4.66. The molecular formula is C20H22Cl2N2O3. The largest absolute Gasteiger partial charge is 0.462 e. The second-order valence-corrected chi connectivity index (χ2v) is 7.03. The average Bonchev–Trinajstić information content (AvgIpc) is 2.69. The minimum absolute atomic E-state index is 0.372. The van der Waals surface area contributed by atoms with Gasteiger partial charge >= 0.3 is 5.97 Å². The van der Waals surface area contributed by atoms with Crippen molar-refractivity contribution in [2.24, 2.45) is 0 Å². The van der Waals surface area contributed by atoms with E-state index in [0.717, 1.165) is 39.3 Å². The van der Waals surface area contributed by atoms with Gasteiger partial charge in [0.1, 0.15) is 0 Å². The molecule has 5 nitrogen and oxygen atoms in total. The summed E-state index contributed by atoms with van der Waals surface area (Å²) >= 11 is 12.4. The quantitative estimate of drug-likeness (QED) is 0.535. The smallest absolute Gasteiger partial charge is 0.340 e. The zero-order valence-electron chi connectivity index (χ0n) is 14.9. The first-order valence-corrected chi connectivity index (χ1v) is 9.68. The molecule has 0 bridgehead atoms. The molecule has 1 aliphatic rings. The van der Waals surface area contributed by atoms with Crippen molar-refractivity contribution >= 4 is 40.5 Å². The van der Waals surface area contributed by atoms with E-state index < -0.39 is 0 Å². The van der Waals surface area contributed by atoms with Gasteiger partial charge in [0.2, 0.25) is 0 Å². The zero-order valence-corrected chi connectivity index (χ0v) is 16.4. The summed E-state index contributed by atoms with van der Waals surface area (Å²) in [6.07, 6.45) is 0.789. The van der Waals surface area contributed by atoms with Crippen LogP contribution in [0, 0.1) is 0 Å². The van der Waals surface area contributed by atoms with Crippen molar-refractivity contribution in [3.05, 3.63) is 58.1 Å². The molecule has 144 valence electrons. The molecular weight excluding hydrogens is 387 g/mol. The lowest BCUT2D eigenvalue weighted by Crippen LogP contribution is -2.37. The molecule has 0 radical (unpaired) electrons. The Bertz CT molecular complexity index is 759. The molecule has 1 heterocycles. The number of hydrogen-bond donors (Lipinski definition) is 1. The van der Waals surface area contributed by atoms with E-state index in [0.29, 0.717) is 33.6 Å². The molecule has 7 heteroatoms. The van der Waals surface area contributed by atoms with Gasteiger partial charge < -0.3 is 14.8 Å². The summed E-state index contributed by atoms with van der Waals surface area (Å²) in [6, 6.07) is 12.4. The van der Waals surface area contributed by atoms with Crippen LogP contribution in [-0.4, -0.2) is 50.3 Å². The van der Waals surface area contributed by atoms with Crippen LogP contribution >= 0.6 is 23.2 Å². The lowest BCUT2D eigenvalue weighted by atomic mass is 10.1. The van der Waals surface area contributed by atoms with Crippen LogP contribution in [0.25, 0.3) is 0 Å². The van der Waals surface area contributed by atoms with E-state index >= 15 is 0 Å². The number of ether oxygens (including phenoxy) is 2. The van der Waals surface area contributed by atoms with Crippen molar-refractivity contribution in [2.75, 3.05) is 44.8 Å². The van der Waals surface area contributed by atoms with Crippen molar-refractivity contribution in [3.8, 4) is 0 Å². The minimum Gasteiger partial charge on any atom is -0.462 e. The summed E-state index contributed by atoms with van der Waals surface area (Å²) < 4.78 is 10.8. The van der Waals surface area contributed by atoms with E-state index in [1.807, 2.05) is 6.07 Å². The Labute approximate surface area is 169 Å². The van der Waals surface area contributed by atoms with Crippen LogP contribution in [0.15, 0.2) is 42.5 Å². The third kappa shape index (κ3) is 5.59. The Morgan fingerprint density at radius 3 is 2.52 bits per heavy atom. The van der Waals surface area contributed by atoms with Gasteiger partial charge in [-0.2, -0.15) is 0 Å². The molecule has 27 heavy (non-hydrogen) atoms. The first-order valence-electron chi connectivity index (χ1n) is 8.92. The number of para-hydroxylation sites is 2. The monoisotopic (exact) mass is 408 g/mol. The summed E-state index contributed by atoms with van der Waals surface area (Å²) in [7, 11) is 0. The van der Waals surface area contributed by atoms with Crippen LogP contribution in [0.3, 0.4) is 0 Å². The van der Waals surface area contributed by atoms with E-state index in [9.17, 15) is 4.79 Å². The SMILES string of the molecule is O=C(OCCCN1CCOCC1)c1ccccc1Nc1c(Cl)cccc1Cl. The highest BCUT2D eigenvalue weighted by atomic mass is 35.5. The van der Waals surface area contributed by atoms with Gasteiger partial charge in [0.25, 0.3) is 0 Å². The van der Waals surface area contributed by atoms with Gasteiger partial charge in [-0.05, 0) is 30.7 Å². The number of benzene rings is 2. The number of esters is 1. The number of halogens is 2. The lowest BCUT2D eigenvalue weighted by molar-refractivity contribution is 0.0299. The molecule has 0 spiro atoms. The fourth-order valence-electron chi connectivity index (χ4n) is 2.88. The van der Waals surface area contributed by atoms with Crippen LogP contribution in [0.1, 0.15) is 16.8 Å². The topological polar surface area (TPSA) is 50.8 Å². The van der Waals surface area contributed by atoms with Gasteiger partial charge in [0, 0.05) is 19.6 Å². The van der Waals surface area contributed by atoms with Gasteiger partial charge in [0.05, 0.1) is 46.8 Å². The maximum atomic E-state index is 12.5. The number of morpholine rings is 1. The molecule has 0 aliphatic carbocycles. The van der Waals surface area contributed by atoms with Crippen molar-refractivity contribution in [2.45, 2.75) is 6.42 Å². The molecule has 1 aliphatic heterocycles. The molecule has 0 unspecified atom stereocenters. The van der Waals surface area contributed by atoms with Gasteiger partial charge in [-0.25, -0.2) is 4.79 Å². The van der Waals surface area contributed by atoms with E-state index in [1.165, 1.54) is 0 Å². The van der Waals surface area contributed by atoms with Crippen molar-refractivity contribution in [1.82, 2.24) is 4.90 Å². The number of nitrogens with zero attached hydrogens (tertiary/aromatic N) is 1. The number of carbonyl (C=O) groups excluding carboxylic acids is 1. The van der Waals surface area contributed by atoms with Crippen molar-refractivity contribution < 1.29 is 14.3 Å². The van der Waals surface area contributed by atoms with Crippen LogP contribution in [0.5, 0.6) is 0 Å². The Kier molecular flexibility index (Phi) is 7.35. The second kappa shape index (κ2) is 9.95. The van der Waals surface area contributed by atoms with Gasteiger partial charge in [-0.1, -0.05) is 41.4 Å². The van der Waals surface area contributed by atoms with Gasteiger partial charge in [0.15, 0.2) is 0 Å². The molecule has 0 atom stereocenters. The lowest BCUT2D eigenvalue weighted by Gasteiger charge is -2.26. The number of rotatable bonds is 7. The number of hydrogen-bond acceptors (Lipinski definition) is 5. The standard InChI is InChI=1S/C20H22Cl2N2O3/c21-16-6-3-7-17(22)19(16)23-18-8-2-1-5-15(18)20(25)27-12-4-9-24-10-13-26-14-11-24/h1-3,5-8,23H,4,9-14H2. The summed E-state index contributed by atoms with van der Waals surface area (Å²) in [5.74, 6) is -0.372. The zero-order chi connectivity index (χ0) is 19.1. The predicted molar refractivity (Wildman–Crippen MR) is 108 cm³/mol. The van der Waals surface area contributed by atoms with Gasteiger partial charge in [-0.3, -0.25) is 4.90 Å². The van der Waals surface area contributed by atoms with E-state index in [2.05, 4.69) is 10.2 Å². The molecule has 0 saturated carbocycles. The highest BCUT2D eigenvalue weighted by Crippen LogP contribution is 2.33. The molecule has 3 rings (SSSR count). The maximum absolute atomic E-state index is 12.5. The second-order valence-electron chi connectivity index (χ2n) is 6.21. The molecule has 1 saturated heterocycles. The maximum Gasteiger partial charge on any atom is 0.340 e. The van der Waals surface area contributed by atoms with Crippen molar-refractivity contribution in [3.63, 3.8) is 0 Å². The molecule has 0 aromatic heterocycles. The highest BCUT2D eigenvalue weighted by molar-refractivity contribution is 6.39. The van der Waals surface area contributed by atoms with Crippen molar-refractivity contribution in [1.29, 1.82) is 0 Å². The number of carbonyl (C=O) groups is 1. The van der Waals surface area contributed by atoms with Crippen LogP contribution in [-0.2, 0) is 9.47 Å². The first-order chi connectivity index (χ1) is 13.1. The minimum atomic E-state index is -0.372. The Morgan fingerprint density at radius 2 is 1.78 bits per heavy atom. The Hall–Kier alpha value is -1.79. The summed E-state index contributed by atoms with van der Waals surface area (Å²) in [5.41, 5.74) is 1.61. The number of anilines is 2. The predicted octanol–water partition coefficient (Wildman–Crippen LogP) is 4.62. The molecule has 2 aromatic rings. The third-order valence-electron chi connectivity index (χ3n) is 4.32. The van der Waals surface area contributed by atoms with E-state index in [4.69, 9.17) is 32.7 Å². The van der Waals surface area contributed by atoms with E-state index in [1.54, 1.807) is 36.4 Å². The average molecular weight is 409 g/mol. The van der Waals surface area contributed by atoms with E-state index in [-0.39, 0.29) is 5.97 Å². The summed E-state index contributed by atoms with van der Waals surface area (Å²) in [4.78, 5) is 14.8. The fraction of sp³-hybridized carbons (Fsp3) is 0.350. The number of nitrogens with one attached hydrogen (secondary N) is 1. The molecule has 2 aromatic carbocycles. The Balaban J connectivity index is 1.58. The molecule has 1 N–H and O–H groups in total. The Morgan fingerprint density at radius 1 is 1.07 bits per heavy atom. The van der Waals surface area contributed by atoms with Crippen LogP contribution in [0.4, 0.5) is 11.4 Å². The first kappa shape index (κ1) is 20.0. The normalized spacial score (nSPS) is 14.7. The summed E-state index contributed by atoms with van der Waals surface area (Å²) in [5, 5.41) is 4.11. The highest BCUT2D eigenvalue weighted by Gasteiger charge is 2.15. The molecule has 1 fully saturated rings. The molecule has 0 amide bonds.